The number of carbonyl (C=O) groups is 1. The minimum Gasteiger partial charge on any atom is -0.467 e. The maximum atomic E-state index is 13.9. The summed E-state index contributed by atoms with van der Waals surface area (Å²) in [6.45, 7) is 2.80. The molecule has 0 spiro atoms. The molecule has 1 N–H and O–H groups in total. The van der Waals surface area contributed by atoms with Gasteiger partial charge in [-0.2, -0.15) is 0 Å². The van der Waals surface area contributed by atoms with Gasteiger partial charge in [0.2, 0.25) is 5.91 Å². The van der Waals surface area contributed by atoms with Crippen LogP contribution < -0.4 is 10.1 Å². The van der Waals surface area contributed by atoms with E-state index < -0.39 is 0 Å². The summed E-state index contributed by atoms with van der Waals surface area (Å²) in [6, 6.07) is 12.5. The minimum atomic E-state index is -0.269. The van der Waals surface area contributed by atoms with Gasteiger partial charge in [0.15, 0.2) is 6.79 Å². The van der Waals surface area contributed by atoms with Crippen molar-refractivity contribution in [1.29, 1.82) is 0 Å². The fraction of sp³-hybridized carbons (Fsp3) is 0.381. The molecule has 0 unspecified atom stereocenters. The maximum absolute atomic E-state index is 13.9. The summed E-state index contributed by atoms with van der Waals surface area (Å²) in [5.41, 5.74) is 2.43. The molecule has 142 valence electrons. The Morgan fingerprint density at radius 1 is 1.19 bits per heavy atom. The van der Waals surface area contributed by atoms with Crippen LogP contribution in [0.15, 0.2) is 42.5 Å². The standard InChI is InChI=1S/C21H23FN2O3/c22-18-10-16(20-17(11-18)13-26-14-27-20)12-24-8-6-15(7-9-24)21(25)23-19-4-2-1-3-5-19/h1-5,10-11,15H,6-9,12-14H2,(H,23,25). The molecular formula is C21H23FN2O3. The minimum absolute atomic E-state index is 0.00697. The predicted molar refractivity (Wildman–Crippen MR) is 99.8 cm³/mol. The third kappa shape index (κ3) is 4.28. The van der Waals surface area contributed by atoms with Gasteiger partial charge in [0, 0.05) is 29.3 Å². The Morgan fingerprint density at radius 3 is 2.74 bits per heavy atom. The Bertz CT molecular complexity index is 805. The largest absolute Gasteiger partial charge is 0.467 e. The number of carbonyl (C=O) groups excluding carboxylic acids is 1. The van der Waals surface area contributed by atoms with E-state index >= 15 is 0 Å². The number of hydrogen-bond donors (Lipinski definition) is 1. The van der Waals surface area contributed by atoms with Gasteiger partial charge in [-0.05, 0) is 50.2 Å². The molecule has 27 heavy (non-hydrogen) atoms. The molecule has 1 fully saturated rings. The fourth-order valence-corrected chi connectivity index (χ4v) is 3.73. The van der Waals surface area contributed by atoms with E-state index in [4.69, 9.17) is 9.47 Å². The van der Waals surface area contributed by atoms with Crippen molar-refractivity contribution in [2.24, 2.45) is 5.92 Å². The highest BCUT2D eigenvalue weighted by atomic mass is 19.1. The average Bonchev–Trinajstić information content (AvgIpc) is 2.69. The van der Waals surface area contributed by atoms with E-state index in [-0.39, 0.29) is 24.4 Å². The van der Waals surface area contributed by atoms with Crippen molar-refractivity contribution in [3.05, 3.63) is 59.4 Å². The van der Waals surface area contributed by atoms with Gasteiger partial charge in [-0.25, -0.2) is 4.39 Å². The molecule has 0 saturated carbocycles. The Labute approximate surface area is 158 Å². The van der Waals surface area contributed by atoms with Crippen LogP contribution in [0.3, 0.4) is 0 Å². The van der Waals surface area contributed by atoms with Crippen molar-refractivity contribution in [2.75, 3.05) is 25.2 Å². The zero-order valence-corrected chi connectivity index (χ0v) is 15.1. The van der Waals surface area contributed by atoms with E-state index in [1.165, 1.54) is 6.07 Å². The first-order valence-electron chi connectivity index (χ1n) is 9.29. The zero-order valence-electron chi connectivity index (χ0n) is 15.1. The first kappa shape index (κ1) is 17.9. The lowest BCUT2D eigenvalue weighted by Gasteiger charge is -2.32. The smallest absolute Gasteiger partial charge is 0.227 e. The molecule has 0 bridgehead atoms. The number of amides is 1. The van der Waals surface area contributed by atoms with E-state index in [2.05, 4.69) is 10.2 Å². The molecule has 6 heteroatoms. The fourth-order valence-electron chi connectivity index (χ4n) is 3.73. The van der Waals surface area contributed by atoms with Crippen LogP contribution >= 0.6 is 0 Å². The van der Waals surface area contributed by atoms with Crippen molar-refractivity contribution >= 4 is 11.6 Å². The van der Waals surface area contributed by atoms with Crippen LogP contribution in [0, 0.1) is 11.7 Å². The SMILES string of the molecule is O=C(Nc1ccccc1)C1CCN(Cc2cc(F)cc3c2OCOC3)CC1. The van der Waals surface area contributed by atoms with Crippen molar-refractivity contribution in [3.63, 3.8) is 0 Å². The van der Waals surface area contributed by atoms with Crippen LogP contribution in [0.5, 0.6) is 5.75 Å². The Morgan fingerprint density at radius 2 is 1.96 bits per heavy atom. The molecule has 2 aromatic carbocycles. The summed E-state index contributed by atoms with van der Waals surface area (Å²) >= 11 is 0. The summed E-state index contributed by atoms with van der Waals surface area (Å²) in [4.78, 5) is 14.7. The summed E-state index contributed by atoms with van der Waals surface area (Å²) in [7, 11) is 0. The summed E-state index contributed by atoms with van der Waals surface area (Å²) < 4.78 is 24.7. The van der Waals surface area contributed by atoms with Gasteiger partial charge in [-0.3, -0.25) is 9.69 Å². The molecule has 2 aliphatic rings. The van der Waals surface area contributed by atoms with Crippen molar-refractivity contribution < 1.29 is 18.7 Å². The van der Waals surface area contributed by atoms with Gasteiger partial charge in [0.05, 0.1) is 6.61 Å². The summed E-state index contributed by atoms with van der Waals surface area (Å²) in [5, 5.41) is 2.98. The third-order valence-electron chi connectivity index (χ3n) is 5.15. The number of hydrogen-bond acceptors (Lipinski definition) is 4. The molecule has 0 atom stereocenters. The summed E-state index contributed by atoms with van der Waals surface area (Å²) in [6.07, 6.45) is 1.58. The number of rotatable bonds is 4. The second-order valence-electron chi connectivity index (χ2n) is 7.07. The highest BCUT2D eigenvalue weighted by Crippen LogP contribution is 2.31. The molecule has 2 aromatic rings. The van der Waals surface area contributed by atoms with E-state index in [9.17, 15) is 9.18 Å². The molecule has 4 rings (SSSR count). The quantitative estimate of drug-likeness (QED) is 0.894. The van der Waals surface area contributed by atoms with E-state index in [0.29, 0.717) is 13.2 Å². The highest BCUT2D eigenvalue weighted by Gasteiger charge is 2.26. The zero-order chi connectivity index (χ0) is 18.6. The van der Waals surface area contributed by atoms with Gasteiger partial charge in [-0.15, -0.1) is 0 Å². The molecule has 0 aromatic heterocycles. The van der Waals surface area contributed by atoms with Gasteiger partial charge in [-0.1, -0.05) is 18.2 Å². The lowest BCUT2D eigenvalue weighted by atomic mass is 9.95. The topological polar surface area (TPSA) is 50.8 Å². The molecule has 5 nitrogen and oxygen atoms in total. The molecule has 0 aliphatic carbocycles. The number of para-hydroxylation sites is 1. The molecule has 2 aliphatic heterocycles. The third-order valence-corrected chi connectivity index (χ3v) is 5.15. The van der Waals surface area contributed by atoms with Crippen LogP contribution in [-0.2, 0) is 22.7 Å². The number of benzene rings is 2. The molecule has 2 heterocycles. The average molecular weight is 370 g/mol. The number of likely N-dealkylation sites (tertiary alicyclic amines) is 1. The predicted octanol–water partition coefficient (Wildman–Crippen LogP) is 3.54. The Kier molecular flexibility index (Phi) is 5.36. The number of fused-ring (bicyclic) bond motifs is 1. The van der Waals surface area contributed by atoms with Crippen LogP contribution in [-0.4, -0.2) is 30.7 Å². The molecule has 1 amide bonds. The number of nitrogens with one attached hydrogen (secondary N) is 1. The first-order valence-corrected chi connectivity index (χ1v) is 9.29. The van der Waals surface area contributed by atoms with Crippen molar-refractivity contribution in [3.8, 4) is 5.75 Å². The van der Waals surface area contributed by atoms with Crippen LogP contribution in [0.1, 0.15) is 24.0 Å². The number of halogens is 1. The maximum Gasteiger partial charge on any atom is 0.227 e. The van der Waals surface area contributed by atoms with Gasteiger partial charge >= 0.3 is 0 Å². The Balaban J connectivity index is 1.35. The normalized spacial score (nSPS) is 17.8. The van der Waals surface area contributed by atoms with Crippen LogP contribution in [0.2, 0.25) is 0 Å². The number of nitrogens with zero attached hydrogens (tertiary/aromatic N) is 1. The summed E-state index contributed by atoms with van der Waals surface area (Å²) in [5.74, 6) is 0.554. The second kappa shape index (κ2) is 8.06. The lowest BCUT2D eigenvalue weighted by molar-refractivity contribution is -0.121. The van der Waals surface area contributed by atoms with E-state index in [1.807, 2.05) is 30.3 Å². The monoisotopic (exact) mass is 370 g/mol. The first-order chi connectivity index (χ1) is 13.2. The Hall–Kier alpha value is -2.44. The lowest BCUT2D eigenvalue weighted by Crippen LogP contribution is -2.38. The number of anilines is 1. The van der Waals surface area contributed by atoms with E-state index in [1.54, 1.807) is 6.07 Å². The molecular weight excluding hydrogens is 347 g/mol. The van der Waals surface area contributed by atoms with Crippen LogP contribution in [0.25, 0.3) is 0 Å². The number of piperidine rings is 1. The van der Waals surface area contributed by atoms with Crippen molar-refractivity contribution in [1.82, 2.24) is 4.90 Å². The molecule has 0 radical (unpaired) electrons. The van der Waals surface area contributed by atoms with Gasteiger partial charge < -0.3 is 14.8 Å². The van der Waals surface area contributed by atoms with Gasteiger partial charge in [0.1, 0.15) is 11.6 Å². The van der Waals surface area contributed by atoms with Crippen molar-refractivity contribution in [2.45, 2.75) is 26.0 Å². The van der Waals surface area contributed by atoms with Gasteiger partial charge in [0.25, 0.3) is 0 Å². The van der Waals surface area contributed by atoms with Crippen LogP contribution in [0.4, 0.5) is 10.1 Å². The highest BCUT2D eigenvalue weighted by molar-refractivity contribution is 5.92. The van der Waals surface area contributed by atoms with E-state index in [0.717, 1.165) is 48.5 Å². The molecule has 1 saturated heterocycles. The number of ether oxygens (including phenoxy) is 2. The second-order valence-corrected chi connectivity index (χ2v) is 7.07.